The van der Waals surface area contributed by atoms with Crippen molar-refractivity contribution in [2.45, 2.75) is 57.7 Å². The average Bonchev–Trinajstić information content (AvgIpc) is 3.63. The second-order valence-electron chi connectivity index (χ2n) is 9.42. The van der Waals surface area contributed by atoms with Gasteiger partial charge in [0.25, 0.3) is 5.91 Å². The largest absolute Gasteiger partial charge is 0.399 e. The van der Waals surface area contributed by atoms with Gasteiger partial charge in [0.2, 0.25) is 0 Å². The van der Waals surface area contributed by atoms with Crippen molar-refractivity contribution in [2.24, 2.45) is 5.92 Å². The molecule has 8 heteroatoms. The minimum atomic E-state index is -4.43. The number of carbonyl (C=O) groups is 2. The summed E-state index contributed by atoms with van der Waals surface area (Å²) in [7, 11) is 0. The van der Waals surface area contributed by atoms with E-state index >= 15 is 0 Å². The smallest absolute Gasteiger partial charge is 0.346 e. The molecule has 0 aliphatic heterocycles. The maximum atomic E-state index is 13.4. The van der Waals surface area contributed by atoms with Crippen molar-refractivity contribution >= 4 is 22.6 Å². The third-order valence-electron chi connectivity index (χ3n) is 6.38. The molecular formula is C26H26F3N3O2. The number of pyridine rings is 2. The molecule has 1 unspecified atom stereocenters. The summed E-state index contributed by atoms with van der Waals surface area (Å²) < 4.78 is 40.1. The van der Waals surface area contributed by atoms with Crippen molar-refractivity contribution < 1.29 is 22.8 Å². The highest BCUT2D eigenvalue weighted by molar-refractivity contribution is 5.98. The van der Waals surface area contributed by atoms with E-state index in [1.165, 1.54) is 6.07 Å². The Labute approximate surface area is 195 Å². The van der Waals surface area contributed by atoms with Crippen molar-refractivity contribution in [3.05, 3.63) is 71.2 Å². The highest BCUT2D eigenvalue weighted by Crippen LogP contribution is 2.40. The molecule has 1 amide bonds. The van der Waals surface area contributed by atoms with E-state index in [1.807, 2.05) is 13.0 Å². The molecule has 1 atom stereocenters. The van der Waals surface area contributed by atoms with Crippen LogP contribution in [0, 0.1) is 5.92 Å². The molecule has 0 radical (unpaired) electrons. The van der Waals surface area contributed by atoms with Gasteiger partial charge in [-0.15, -0.1) is 0 Å². The molecule has 0 saturated heterocycles. The van der Waals surface area contributed by atoms with E-state index in [1.54, 1.807) is 36.5 Å². The Morgan fingerprint density at radius 2 is 1.82 bits per heavy atom. The van der Waals surface area contributed by atoms with Crippen molar-refractivity contribution in [1.82, 2.24) is 15.3 Å². The van der Waals surface area contributed by atoms with Crippen LogP contribution in [0.4, 0.5) is 13.2 Å². The van der Waals surface area contributed by atoms with Crippen molar-refractivity contribution in [1.29, 1.82) is 0 Å². The van der Waals surface area contributed by atoms with E-state index in [4.69, 9.17) is 0 Å². The first-order chi connectivity index (χ1) is 16.0. The van der Waals surface area contributed by atoms with Gasteiger partial charge < -0.3 is 5.32 Å². The van der Waals surface area contributed by atoms with Crippen LogP contribution in [-0.4, -0.2) is 27.8 Å². The molecule has 178 valence electrons. The van der Waals surface area contributed by atoms with Crippen LogP contribution < -0.4 is 5.32 Å². The third kappa shape index (κ3) is 4.95. The number of hydrogen-bond donors (Lipinski definition) is 1. The van der Waals surface area contributed by atoms with Crippen molar-refractivity contribution in [3.63, 3.8) is 0 Å². The maximum absolute atomic E-state index is 13.4. The number of hydrogen-bond acceptors (Lipinski definition) is 4. The molecule has 1 aliphatic rings. The second-order valence-corrected chi connectivity index (χ2v) is 9.42. The Morgan fingerprint density at radius 1 is 1.09 bits per heavy atom. The molecular weight excluding hydrogens is 443 g/mol. The summed E-state index contributed by atoms with van der Waals surface area (Å²) in [4.78, 5) is 33.4. The monoisotopic (exact) mass is 469 g/mol. The zero-order valence-electron chi connectivity index (χ0n) is 19.2. The van der Waals surface area contributed by atoms with Gasteiger partial charge in [0, 0.05) is 35.2 Å². The number of aromatic nitrogens is 2. The molecule has 34 heavy (non-hydrogen) atoms. The molecule has 4 rings (SSSR count). The van der Waals surface area contributed by atoms with E-state index in [-0.39, 0.29) is 29.3 Å². The predicted molar refractivity (Wildman–Crippen MR) is 122 cm³/mol. The molecule has 1 N–H and O–H groups in total. The number of nitrogens with one attached hydrogen (secondary N) is 1. The van der Waals surface area contributed by atoms with Crippen LogP contribution in [0.25, 0.3) is 10.9 Å². The summed E-state index contributed by atoms with van der Waals surface area (Å²) in [6.45, 7) is 4.03. The molecule has 0 spiro atoms. The van der Waals surface area contributed by atoms with Crippen LogP contribution in [0.1, 0.15) is 67.0 Å². The van der Waals surface area contributed by atoms with Crippen molar-refractivity contribution in [2.75, 3.05) is 0 Å². The quantitative estimate of drug-likeness (QED) is 0.497. The fourth-order valence-corrected chi connectivity index (χ4v) is 3.71. The Bertz CT molecular complexity index is 1250. The van der Waals surface area contributed by atoms with Crippen LogP contribution in [0.5, 0.6) is 0 Å². The highest BCUT2D eigenvalue weighted by atomic mass is 19.4. The number of ketones is 1. The lowest BCUT2D eigenvalue weighted by atomic mass is 9.87. The van der Waals surface area contributed by atoms with Gasteiger partial charge in [0.1, 0.15) is 11.2 Å². The average molecular weight is 470 g/mol. The van der Waals surface area contributed by atoms with Crippen LogP contribution in [-0.2, 0) is 16.6 Å². The SMILES string of the molecule is CC(NC(=O)c1ccc2nc(C(C)(C)C(F)(F)F)ccc2c1)c1ccnc(CC(=O)C2CC2)c1. The molecule has 2 heterocycles. The van der Waals surface area contributed by atoms with Gasteiger partial charge in [0.05, 0.1) is 17.3 Å². The zero-order chi connectivity index (χ0) is 24.7. The van der Waals surface area contributed by atoms with Gasteiger partial charge in [-0.05, 0) is 75.6 Å². The van der Waals surface area contributed by atoms with Crippen LogP contribution in [0.2, 0.25) is 0 Å². The number of Topliss-reactive ketones (excluding diaryl/α,β-unsaturated/α-hetero) is 1. The lowest BCUT2D eigenvalue weighted by Crippen LogP contribution is -2.37. The molecule has 1 aromatic carbocycles. The Hall–Kier alpha value is -3.29. The van der Waals surface area contributed by atoms with E-state index in [0.717, 1.165) is 32.3 Å². The number of alkyl halides is 3. The van der Waals surface area contributed by atoms with E-state index in [2.05, 4.69) is 15.3 Å². The number of rotatable bonds is 7. The molecule has 2 aromatic heterocycles. The topological polar surface area (TPSA) is 72.0 Å². The fourth-order valence-electron chi connectivity index (χ4n) is 3.71. The fraction of sp³-hybridized carbons (Fsp3) is 0.385. The lowest BCUT2D eigenvalue weighted by Gasteiger charge is -2.27. The number of fused-ring (bicyclic) bond motifs is 1. The number of halogens is 3. The van der Waals surface area contributed by atoms with Crippen LogP contribution in [0.15, 0.2) is 48.7 Å². The molecule has 1 fully saturated rings. The summed E-state index contributed by atoms with van der Waals surface area (Å²) >= 11 is 0. The zero-order valence-corrected chi connectivity index (χ0v) is 19.2. The highest BCUT2D eigenvalue weighted by Gasteiger charge is 2.49. The number of carbonyl (C=O) groups excluding carboxylic acids is 2. The van der Waals surface area contributed by atoms with Gasteiger partial charge in [-0.25, -0.2) is 0 Å². The second kappa shape index (κ2) is 8.81. The van der Waals surface area contributed by atoms with Crippen molar-refractivity contribution in [3.8, 4) is 0 Å². The third-order valence-corrected chi connectivity index (χ3v) is 6.38. The lowest BCUT2D eigenvalue weighted by molar-refractivity contribution is -0.181. The summed E-state index contributed by atoms with van der Waals surface area (Å²) in [5, 5.41) is 3.50. The summed E-state index contributed by atoms with van der Waals surface area (Å²) in [5.74, 6) is 0.0509. The number of amides is 1. The van der Waals surface area contributed by atoms with Gasteiger partial charge in [0.15, 0.2) is 0 Å². The van der Waals surface area contributed by atoms with Gasteiger partial charge in [-0.1, -0.05) is 6.07 Å². The molecule has 1 saturated carbocycles. The van der Waals surface area contributed by atoms with Gasteiger partial charge in [-0.3, -0.25) is 19.6 Å². The minimum absolute atomic E-state index is 0.0769. The van der Waals surface area contributed by atoms with E-state index in [9.17, 15) is 22.8 Å². The molecule has 1 aliphatic carbocycles. The predicted octanol–water partition coefficient (Wildman–Crippen LogP) is 5.48. The number of benzene rings is 1. The van der Waals surface area contributed by atoms with Crippen LogP contribution in [0.3, 0.4) is 0 Å². The Kier molecular flexibility index (Phi) is 6.18. The molecule has 5 nitrogen and oxygen atoms in total. The normalized spacial score (nSPS) is 15.2. The number of nitrogens with zero attached hydrogens (tertiary/aromatic N) is 2. The van der Waals surface area contributed by atoms with E-state index in [0.29, 0.717) is 28.6 Å². The Balaban J connectivity index is 1.48. The molecule has 0 bridgehead atoms. The summed E-state index contributed by atoms with van der Waals surface area (Å²) in [5.41, 5.74) is 0.125. The first-order valence-electron chi connectivity index (χ1n) is 11.2. The Morgan fingerprint density at radius 3 is 2.50 bits per heavy atom. The summed E-state index contributed by atoms with van der Waals surface area (Å²) in [6, 6.07) is 10.9. The van der Waals surface area contributed by atoms with Gasteiger partial charge in [-0.2, -0.15) is 13.2 Å². The molecule has 3 aromatic rings. The first kappa shape index (κ1) is 23.9. The first-order valence-corrected chi connectivity index (χ1v) is 11.2. The standard InChI is InChI=1S/C26H26F3N3O2/c1-15(17-10-11-30-20(13-17)14-22(33)16-4-5-16)31-24(34)19-6-8-21-18(12-19)7-9-23(32-21)25(2,3)26(27,28)29/h6-13,15-16H,4-5,14H2,1-3H3,(H,31,34). The maximum Gasteiger partial charge on any atom is 0.399 e. The summed E-state index contributed by atoms with van der Waals surface area (Å²) in [6.07, 6.45) is -0.595. The minimum Gasteiger partial charge on any atom is -0.346 e. The van der Waals surface area contributed by atoms with E-state index < -0.39 is 11.6 Å². The van der Waals surface area contributed by atoms with Gasteiger partial charge >= 0.3 is 6.18 Å². The van der Waals surface area contributed by atoms with Crippen LogP contribution >= 0.6 is 0 Å².